The first-order chi connectivity index (χ1) is 10.2. The zero-order valence-corrected chi connectivity index (χ0v) is 12.0. The highest BCUT2D eigenvalue weighted by Crippen LogP contribution is 2.60. The van der Waals surface area contributed by atoms with Gasteiger partial charge in [0.25, 0.3) is 0 Å². The fraction of sp³-hybridized carbons (Fsp3) is 0.316. The number of Topliss-reactive ketones (excluding diaryl/α,β-unsaturated/α-hetero) is 1. The van der Waals surface area contributed by atoms with Crippen molar-refractivity contribution in [2.24, 2.45) is 11.8 Å². The number of halogens is 1. The Kier molecular flexibility index (Phi) is 2.75. The molecule has 2 aliphatic carbocycles. The molecule has 0 aromatic heterocycles. The molecule has 0 spiro atoms. The molecule has 3 atom stereocenters. The van der Waals surface area contributed by atoms with Gasteiger partial charge < -0.3 is 0 Å². The van der Waals surface area contributed by atoms with E-state index in [1.807, 2.05) is 0 Å². The van der Waals surface area contributed by atoms with E-state index in [2.05, 4.69) is 24.3 Å². The molecule has 2 aliphatic rings. The van der Waals surface area contributed by atoms with Crippen molar-refractivity contribution < 1.29 is 9.18 Å². The molecule has 0 N–H and O–H groups in total. The van der Waals surface area contributed by atoms with Crippen LogP contribution in [0.4, 0.5) is 4.39 Å². The second-order valence-electron chi connectivity index (χ2n) is 6.28. The molecular weight excluding hydrogens is 263 g/mol. The average Bonchev–Trinajstić information content (AvgIpc) is 3.24. The van der Waals surface area contributed by atoms with Crippen LogP contribution in [0.2, 0.25) is 0 Å². The fourth-order valence-corrected chi connectivity index (χ4v) is 3.91. The molecule has 2 aromatic rings. The molecule has 1 fully saturated rings. The number of ketones is 1. The van der Waals surface area contributed by atoms with Gasteiger partial charge in [0.2, 0.25) is 0 Å². The maximum absolute atomic E-state index is 13.4. The zero-order chi connectivity index (χ0) is 14.6. The third-order valence-electron chi connectivity index (χ3n) is 5.07. The third kappa shape index (κ3) is 1.93. The summed E-state index contributed by atoms with van der Waals surface area (Å²) in [4.78, 5) is 12.7. The molecule has 2 aromatic carbocycles. The first-order valence-electron chi connectivity index (χ1n) is 7.55. The number of hydrogen-bond acceptors (Lipinski definition) is 1. The van der Waals surface area contributed by atoms with E-state index in [0.717, 1.165) is 12.8 Å². The minimum atomic E-state index is -0.245. The van der Waals surface area contributed by atoms with Crippen LogP contribution in [0.3, 0.4) is 0 Å². The second kappa shape index (κ2) is 4.52. The van der Waals surface area contributed by atoms with Crippen LogP contribution >= 0.6 is 0 Å². The van der Waals surface area contributed by atoms with Gasteiger partial charge in [0.05, 0.1) is 0 Å². The topological polar surface area (TPSA) is 17.1 Å². The maximum atomic E-state index is 13.4. The van der Waals surface area contributed by atoms with Crippen molar-refractivity contribution in [2.45, 2.75) is 25.7 Å². The minimum Gasteiger partial charge on any atom is -0.294 e. The molecular formula is C19H17FO. The maximum Gasteiger partial charge on any atom is 0.166 e. The van der Waals surface area contributed by atoms with Gasteiger partial charge in [0.15, 0.2) is 5.78 Å². The number of carbonyl (C=O) groups excluding carboxylic acids is 1. The number of rotatable bonds is 2. The van der Waals surface area contributed by atoms with Crippen molar-refractivity contribution >= 4 is 5.78 Å². The molecule has 1 saturated carbocycles. The molecule has 106 valence electrons. The van der Waals surface area contributed by atoms with Gasteiger partial charge in [-0.1, -0.05) is 24.3 Å². The second-order valence-corrected chi connectivity index (χ2v) is 6.28. The Morgan fingerprint density at radius 3 is 2.81 bits per heavy atom. The van der Waals surface area contributed by atoms with Crippen LogP contribution in [0.5, 0.6) is 0 Å². The Bertz CT molecular complexity index is 734. The SMILES string of the molecule is Cc1cc(C(=O)C2C3CCc4ccccc4C32)ccc1F. The summed E-state index contributed by atoms with van der Waals surface area (Å²) in [5.41, 5.74) is 3.95. The standard InChI is InChI=1S/C19H17FO/c1-11-10-13(7-9-16(11)20)19(21)18-15-8-6-12-4-2-3-5-14(12)17(15)18/h2-5,7,9-10,15,17-18H,6,8H2,1H3. The zero-order valence-electron chi connectivity index (χ0n) is 12.0. The summed E-state index contributed by atoms with van der Waals surface area (Å²) in [6.45, 7) is 1.71. The molecule has 4 rings (SSSR count). The van der Waals surface area contributed by atoms with Crippen LogP contribution in [0.1, 0.15) is 39.4 Å². The molecule has 1 nitrogen and oxygen atoms in total. The number of fused-ring (bicyclic) bond motifs is 3. The predicted molar refractivity (Wildman–Crippen MR) is 80.0 cm³/mol. The summed E-state index contributed by atoms with van der Waals surface area (Å²) < 4.78 is 13.4. The van der Waals surface area contributed by atoms with Crippen LogP contribution in [0.15, 0.2) is 42.5 Å². The fourth-order valence-electron chi connectivity index (χ4n) is 3.91. The van der Waals surface area contributed by atoms with Gasteiger partial charge >= 0.3 is 0 Å². The van der Waals surface area contributed by atoms with Crippen molar-refractivity contribution in [3.63, 3.8) is 0 Å². The first-order valence-corrected chi connectivity index (χ1v) is 7.55. The van der Waals surface area contributed by atoms with E-state index in [1.54, 1.807) is 19.1 Å². The van der Waals surface area contributed by atoms with E-state index in [4.69, 9.17) is 0 Å². The van der Waals surface area contributed by atoms with E-state index in [0.29, 0.717) is 23.0 Å². The number of carbonyl (C=O) groups is 1. The average molecular weight is 280 g/mol. The van der Waals surface area contributed by atoms with E-state index in [9.17, 15) is 9.18 Å². The summed E-state index contributed by atoms with van der Waals surface area (Å²) in [5, 5.41) is 0. The third-order valence-corrected chi connectivity index (χ3v) is 5.07. The normalized spacial score (nSPS) is 25.9. The van der Waals surface area contributed by atoms with Crippen LogP contribution in [-0.4, -0.2) is 5.78 Å². The molecule has 0 aliphatic heterocycles. The van der Waals surface area contributed by atoms with E-state index >= 15 is 0 Å². The van der Waals surface area contributed by atoms with E-state index in [-0.39, 0.29) is 17.5 Å². The predicted octanol–water partition coefficient (Wildman–Crippen LogP) is 4.29. The smallest absolute Gasteiger partial charge is 0.166 e. The van der Waals surface area contributed by atoms with Gasteiger partial charge in [0, 0.05) is 11.5 Å². The van der Waals surface area contributed by atoms with Gasteiger partial charge in [-0.15, -0.1) is 0 Å². The summed E-state index contributed by atoms with van der Waals surface area (Å²) in [5.74, 6) is 0.902. The molecule has 0 amide bonds. The Hall–Kier alpha value is -1.96. The van der Waals surface area contributed by atoms with Gasteiger partial charge in [-0.05, 0) is 66.5 Å². The molecule has 0 bridgehead atoms. The lowest BCUT2D eigenvalue weighted by atomic mass is 9.92. The molecule has 2 heteroatoms. The molecule has 0 saturated heterocycles. The monoisotopic (exact) mass is 280 g/mol. The van der Waals surface area contributed by atoms with Gasteiger partial charge in [-0.3, -0.25) is 4.79 Å². The van der Waals surface area contributed by atoms with Crippen LogP contribution in [0, 0.1) is 24.6 Å². The lowest BCUT2D eigenvalue weighted by Gasteiger charge is -2.13. The molecule has 3 unspecified atom stereocenters. The lowest BCUT2D eigenvalue weighted by molar-refractivity contribution is 0.0959. The minimum absolute atomic E-state index is 0.0958. The Balaban J connectivity index is 1.65. The summed E-state index contributed by atoms with van der Waals surface area (Å²) in [7, 11) is 0. The quantitative estimate of drug-likeness (QED) is 0.750. The Labute approximate surface area is 123 Å². The number of hydrogen-bond donors (Lipinski definition) is 0. The highest BCUT2D eigenvalue weighted by atomic mass is 19.1. The van der Waals surface area contributed by atoms with Gasteiger partial charge in [-0.2, -0.15) is 0 Å². The van der Waals surface area contributed by atoms with Crippen molar-refractivity contribution in [3.8, 4) is 0 Å². The van der Waals surface area contributed by atoms with Crippen LogP contribution < -0.4 is 0 Å². The number of aryl methyl sites for hydroxylation is 2. The first kappa shape index (κ1) is 12.8. The Morgan fingerprint density at radius 2 is 2.00 bits per heavy atom. The molecule has 21 heavy (non-hydrogen) atoms. The molecule has 0 radical (unpaired) electrons. The van der Waals surface area contributed by atoms with Crippen LogP contribution in [0.25, 0.3) is 0 Å². The van der Waals surface area contributed by atoms with E-state index < -0.39 is 0 Å². The van der Waals surface area contributed by atoms with Crippen LogP contribution in [-0.2, 0) is 6.42 Å². The highest BCUT2D eigenvalue weighted by Gasteiger charge is 2.56. The number of benzene rings is 2. The van der Waals surface area contributed by atoms with Gasteiger partial charge in [-0.25, -0.2) is 4.39 Å². The largest absolute Gasteiger partial charge is 0.294 e. The Morgan fingerprint density at radius 1 is 1.19 bits per heavy atom. The van der Waals surface area contributed by atoms with Gasteiger partial charge in [0.1, 0.15) is 5.82 Å². The summed E-state index contributed by atoms with van der Waals surface area (Å²) in [6, 6.07) is 13.2. The summed E-state index contributed by atoms with van der Waals surface area (Å²) >= 11 is 0. The van der Waals surface area contributed by atoms with Crippen molar-refractivity contribution in [2.75, 3.05) is 0 Å². The van der Waals surface area contributed by atoms with Crippen molar-refractivity contribution in [3.05, 3.63) is 70.5 Å². The highest BCUT2D eigenvalue weighted by molar-refractivity contribution is 6.01. The van der Waals surface area contributed by atoms with Crippen molar-refractivity contribution in [1.82, 2.24) is 0 Å². The van der Waals surface area contributed by atoms with Crippen molar-refractivity contribution in [1.29, 1.82) is 0 Å². The molecule has 0 heterocycles. The lowest BCUT2D eigenvalue weighted by Crippen LogP contribution is -2.05. The summed E-state index contributed by atoms with van der Waals surface area (Å²) in [6.07, 6.45) is 2.17. The van der Waals surface area contributed by atoms with E-state index in [1.165, 1.54) is 17.2 Å².